The number of nitrogens with zero attached hydrogens (tertiary/aromatic N) is 2. The summed E-state index contributed by atoms with van der Waals surface area (Å²) in [6.45, 7) is 3.27. The van der Waals surface area contributed by atoms with Gasteiger partial charge in [-0.25, -0.2) is 12.8 Å². The molecule has 2 fully saturated rings. The minimum atomic E-state index is -3.08. The Morgan fingerprint density at radius 2 is 2.00 bits per heavy atom. The van der Waals surface area contributed by atoms with Crippen LogP contribution in [-0.4, -0.2) is 74.5 Å². The zero-order valence-electron chi connectivity index (χ0n) is 16.5. The maximum absolute atomic E-state index is 13.2. The van der Waals surface area contributed by atoms with E-state index >= 15 is 0 Å². The number of carbonyl (C=O) groups is 1. The maximum Gasteiger partial charge on any atom is 0.237 e. The predicted octanol–water partition coefficient (Wildman–Crippen LogP) is 2.01. The van der Waals surface area contributed by atoms with Crippen LogP contribution >= 0.6 is 0 Å². The smallest absolute Gasteiger partial charge is 0.237 e. The minimum Gasteiger partial charge on any atom is -0.376 e. The molecule has 0 saturated carbocycles. The number of hydrogen-bond donors (Lipinski definition) is 0. The monoisotopic (exact) mass is 412 g/mol. The Balaban J connectivity index is 1.68. The Hall–Kier alpha value is -1.51. The van der Waals surface area contributed by atoms with Crippen LogP contribution in [0.3, 0.4) is 0 Å². The second kappa shape index (κ2) is 8.88. The first-order valence-electron chi connectivity index (χ1n) is 9.82. The number of ether oxygens (including phenoxy) is 1. The predicted molar refractivity (Wildman–Crippen MR) is 105 cm³/mol. The van der Waals surface area contributed by atoms with Gasteiger partial charge in [0.1, 0.15) is 5.82 Å². The van der Waals surface area contributed by atoms with Crippen molar-refractivity contribution in [3.63, 3.8) is 0 Å². The van der Waals surface area contributed by atoms with Crippen molar-refractivity contribution in [3.8, 4) is 0 Å². The fraction of sp³-hybridized carbons (Fsp3) is 0.650. The molecule has 1 aromatic rings. The highest BCUT2D eigenvalue weighted by atomic mass is 32.2. The van der Waals surface area contributed by atoms with Gasteiger partial charge in [0.2, 0.25) is 5.91 Å². The molecular formula is C20H29FN2O4S. The molecule has 28 heavy (non-hydrogen) atoms. The molecule has 3 unspecified atom stereocenters. The van der Waals surface area contributed by atoms with E-state index in [-0.39, 0.29) is 48.0 Å². The third-order valence-corrected chi connectivity index (χ3v) is 7.54. The van der Waals surface area contributed by atoms with E-state index < -0.39 is 9.84 Å². The fourth-order valence-corrected chi connectivity index (χ4v) is 5.65. The van der Waals surface area contributed by atoms with Crippen molar-refractivity contribution in [2.24, 2.45) is 0 Å². The van der Waals surface area contributed by atoms with Gasteiger partial charge in [-0.05, 0) is 50.9 Å². The van der Waals surface area contributed by atoms with Crippen molar-refractivity contribution in [2.45, 2.75) is 44.4 Å². The lowest BCUT2D eigenvalue weighted by Crippen LogP contribution is -2.49. The van der Waals surface area contributed by atoms with E-state index in [4.69, 9.17) is 4.74 Å². The number of hydrogen-bond acceptors (Lipinski definition) is 5. The summed E-state index contributed by atoms with van der Waals surface area (Å²) >= 11 is 0. The lowest BCUT2D eigenvalue weighted by atomic mass is 10.1. The van der Waals surface area contributed by atoms with Gasteiger partial charge in [-0.3, -0.25) is 9.69 Å². The number of rotatable bonds is 7. The van der Waals surface area contributed by atoms with Crippen molar-refractivity contribution in [1.82, 2.24) is 9.80 Å². The first kappa shape index (κ1) is 21.2. The number of carbonyl (C=O) groups excluding carboxylic acids is 1. The van der Waals surface area contributed by atoms with Crippen LogP contribution in [-0.2, 0) is 19.4 Å². The molecule has 2 aliphatic heterocycles. The third-order valence-electron chi connectivity index (χ3n) is 5.79. The Kier molecular flexibility index (Phi) is 6.73. The third kappa shape index (κ3) is 5.30. The van der Waals surface area contributed by atoms with Crippen LogP contribution in [0.4, 0.5) is 4.39 Å². The van der Waals surface area contributed by atoms with Crippen LogP contribution in [0.5, 0.6) is 0 Å². The van der Waals surface area contributed by atoms with E-state index in [1.807, 2.05) is 18.9 Å². The lowest BCUT2D eigenvalue weighted by Gasteiger charge is -2.33. The van der Waals surface area contributed by atoms with Gasteiger partial charge in [0.05, 0.1) is 24.2 Å². The Morgan fingerprint density at radius 1 is 1.29 bits per heavy atom. The molecule has 8 heteroatoms. The molecule has 0 bridgehead atoms. The summed E-state index contributed by atoms with van der Waals surface area (Å²) in [6.07, 6.45) is 2.33. The van der Waals surface area contributed by atoms with E-state index in [1.54, 1.807) is 17.0 Å². The van der Waals surface area contributed by atoms with Gasteiger partial charge in [0, 0.05) is 25.2 Å². The highest BCUT2D eigenvalue weighted by Crippen LogP contribution is 2.23. The molecule has 3 rings (SSSR count). The summed E-state index contributed by atoms with van der Waals surface area (Å²) < 4.78 is 42.7. The van der Waals surface area contributed by atoms with Crippen molar-refractivity contribution in [2.75, 3.05) is 38.2 Å². The summed E-state index contributed by atoms with van der Waals surface area (Å²) in [7, 11) is -1.23. The molecule has 0 N–H and O–H groups in total. The number of amides is 1. The number of sulfone groups is 1. The zero-order valence-corrected chi connectivity index (χ0v) is 17.3. The first-order chi connectivity index (χ1) is 13.2. The number of halogens is 1. The molecule has 0 radical (unpaired) electrons. The molecular weight excluding hydrogens is 383 g/mol. The number of likely N-dealkylation sites (N-methyl/N-ethyl adjacent to an activating group) is 1. The van der Waals surface area contributed by atoms with Gasteiger partial charge in [0.25, 0.3) is 0 Å². The van der Waals surface area contributed by atoms with Crippen molar-refractivity contribution >= 4 is 15.7 Å². The second-order valence-corrected chi connectivity index (χ2v) is 10.1. The molecule has 2 saturated heterocycles. The van der Waals surface area contributed by atoms with Crippen LogP contribution < -0.4 is 0 Å². The van der Waals surface area contributed by atoms with Gasteiger partial charge in [-0.1, -0.05) is 12.1 Å². The average Bonchev–Trinajstić information content (AvgIpc) is 3.28. The summed E-state index contributed by atoms with van der Waals surface area (Å²) in [4.78, 5) is 16.7. The van der Waals surface area contributed by atoms with Crippen molar-refractivity contribution in [3.05, 3.63) is 35.6 Å². The Morgan fingerprint density at radius 3 is 2.57 bits per heavy atom. The fourth-order valence-electron chi connectivity index (χ4n) is 3.92. The molecule has 0 aromatic heterocycles. The zero-order chi connectivity index (χ0) is 20.3. The molecule has 6 nitrogen and oxygen atoms in total. The molecule has 0 spiro atoms. The largest absolute Gasteiger partial charge is 0.376 e. The van der Waals surface area contributed by atoms with Crippen molar-refractivity contribution < 1.29 is 22.3 Å². The van der Waals surface area contributed by atoms with Gasteiger partial charge in [-0.15, -0.1) is 0 Å². The van der Waals surface area contributed by atoms with Gasteiger partial charge < -0.3 is 9.64 Å². The first-order valence-corrected chi connectivity index (χ1v) is 11.6. The highest BCUT2D eigenvalue weighted by Gasteiger charge is 2.36. The Bertz CT molecular complexity index is 778. The normalized spacial score (nSPS) is 25.1. The van der Waals surface area contributed by atoms with Gasteiger partial charge >= 0.3 is 0 Å². The van der Waals surface area contributed by atoms with Gasteiger partial charge in [-0.2, -0.15) is 0 Å². The SMILES string of the molecule is CC(c1ccc(F)cc1)N(C)CC(=O)N(CC1CCCO1)C1CCS(=O)(=O)C1. The lowest BCUT2D eigenvalue weighted by molar-refractivity contribution is -0.136. The van der Waals surface area contributed by atoms with Crippen LogP contribution in [0.1, 0.15) is 37.8 Å². The standard InChI is InChI=1S/C20H29FN2O4S/c1-15(16-5-7-17(21)8-6-16)22(2)13-20(24)23(12-19-4-3-10-27-19)18-9-11-28(25,26)14-18/h5-8,15,18-19H,3-4,9-14H2,1-2H3. The maximum atomic E-state index is 13.2. The van der Waals surface area contributed by atoms with Crippen LogP contribution in [0.2, 0.25) is 0 Å². The number of benzene rings is 1. The van der Waals surface area contributed by atoms with E-state index in [0.29, 0.717) is 19.6 Å². The molecule has 1 amide bonds. The highest BCUT2D eigenvalue weighted by molar-refractivity contribution is 7.91. The summed E-state index contributed by atoms with van der Waals surface area (Å²) in [5.41, 5.74) is 0.922. The molecule has 0 aliphatic carbocycles. The Labute approximate surface area is 166 Å². The average molecular weight is 413 g/mol. The molecule has 156 valence electrons. The van der Waals surface area contributed by atoms with E-state index in [1.165, 1.54) is 12.1 Å². The van der Waals surface area contributed by atoms with Crippen LogP contribution in [0.25, 0.3) is 0 Å². The minimum absolute atomic E-state index is 0.0212. The van der Waals surface area contributed by atoms with Crippen molar-refractivity contribution in [1.29, 1.82) is 0 Å². The molecule has 1 aromatic carbocycles. The van der Waals surface area contributed by atoms with Crippen LogP contribution in [0, 0.1) is 5.82 Å². The quantitative estimate of drug-likeness (QED) is 0.685. The van der Waals surface area contributed by atoms with E-state index in [0.717, 1.165) is 18.4 Å². The topological polar surface area (TPSA) is 66.9 Å². The van der Waals surface area contributed by atoms with E-state index in [9.17, 15) is 17.6 Å². The molecule has 2 aliphatic rings. The van der Waals surface area contributed by atoms with Crippen LogP contribution in [0.15, 0.2) is 24.3 Å². The summed E-state index contributed by atoms with van der Waals surface area (Å²) in [6, 6.07) is 5.91. The van der Waals surface area contributed by atoms with Gasteiger partial charge in [0.15, 0.2) is 9.84 Å². The second-order valence-electron chi connectivity index (χ2n) is 7.88. The molecule has 2 heterocycles. The van der Waals surface area contributed by atoms with E-state index in [2.05, 4.69) is 0 Å². The molecule has 3 atom stereocenters. The summed E-state index contributed by atoms with van der Waals surface area (Å²) in [5, 5.41) is 0. The summed E-state index contributed by atoms with van der Waals surface area (Å²) in [5.74, 6) is -0.216.